The lowest BCUT2D eigenvalue weighted by Gasteiger charge is -2.25. The van der Waals surface area contributed by atoms with Crippen LogP contribution in [-0.4, -0.2) is 26.2 Å². The Morgan fingerprint density at radius 3 is 2.32 bits per heavy atom. The highest BCUT2D eigenvalue weighted by atomic mass is 16.5. The lowest BCUT2D eigenvalue weighted by atomic mass is 9.91. The number of benzene rings is 1. The summed E-state index contributed by atoms with van der Waals surface area (Å²) in [7, 11) is 0. The quantitative estimate of drug-likeness (QED) is 0.478. The summed E-state index contributed by atoms with van der Waals surface area (Å²) >= 11 is 0. The van der Waals surface area contributed by atoms with Gasteiger partial charge in [-0.05, 0) is 37.8 Å². The third-order valence-electron chi connectivity index (χ3n) is 5.43. The average Bonchev–Trinajstić information content (AvgIpc) is 2.73. The lowest BCUT2D eigenvalue weighted by molar-refractivity contribution is 0.148. The summed E-state index contributed by atoms with van der Waals surface area (Å²) in [5.41, 5.74) is 1.34. The highest BCUT2D eigenvalue weighted by Gasteiger charge is 2.20. The molecule has 2 rings (SSSR count). The Balaban J connectivity index is 2.17. The van der Waals surface area contributed by atoms with Crippen molar-refractivity contribution < 1.29 is 9.84 Å². The maximum absolute atomic E-state index is 10.7. The van der Waals surface area contributed by atoms with Crippen molar-refractivity contribution in [3.63, 3.8) is 0 Å². The van der Waals surface area contributed by atoms with Crippen molar-refractivity contribution >= 4 is 0 Å². The van der Waals surface area contributed by atoms with Crippen LogP contribution in [-0.2, 0) is 0 Å². The average molecular weight is 386 g/mol. The Morgan fingerprint density at radius 2 is 1.68 bits per heavy atom. The van der Waals surface area contributed by atoms with Crippen LogP contribution in [0.25, 0.3) is 11.4 Å². The van der Waals surface area contributed by atoms with Crippen LogP contribution >= 0.6 is 0 Å². The molecule has 0 spiro atoms. The zero-order valence-corrected chi connectivity index (χ0v) is 17.8. The third kappa shape index (κ3) is 6.18. The zero-order chi connectivity index (χ0) is 20.4. The van der Waals surface area contributed by atoms with E-state index in [9.17, 15) is 5.11 Å². The van der Waals surface area contributed by atoms with Gasteiger partial charge in [0.05, 0.1) is 11.7 Å². The zero-order valence-electron chi connectivity index (χ0n) is 17.8. The van der Waals surface area contributed by atoms with Crippen LogP contribution in [0.2, 0.25) is 0 Å². The molecule has 5 heteroatoms. The van der Waals surface area contributed by atoms with Gasteiger partial charge in [0.1, 0.15) is 24.2 Å². The second kappa shape index (κ2) is 11.6. The van der Waals surface area contributed by atoms with Crippen molar-refractivity contribution in [2.45, 2.75) is 85.2 Å². The number of hydrogen-bond acceptors (Lipinski definition) is 5. The number of rotatable bonds is 12. The number of aromatic hydroxyl groups is 1. The molecule has 1 aromatic carbocycles. The minimum atomic E-state index is 0.177. The fraction of sp³-hybridized carbons (Fsp3) is 0.609. The maximum Gasteiger partial charge on any atom is 0.166 e. The molecule has 1 N–H and O–H groups in total. The molecule has 5 nitrogen and oxygen atoms in total. The van der Waals surface area contributed by atoms with Gasteiger partial charge < -0.3 is 9.84 Å². The molecular weight excluding hydrogens is 350 g/mol. The molecule has 0 amide bonds. The molecule has 1 aromatic heterocycles. The summed E-state index contributed by atoms with van der Waals surface area (Å²) in [5, 5.41) is 10.7. The summed E-state index contributed by atoms with van der Waals surface area (Å²) in [4.78, 5) is 12.1. The molecule has 0 aliphatic carbocycles. The fourth-order valence-corrected chi connectivity index (χ4v) is 3.56. The largest absolute Gasteiger partial charge is 0.507 e. The van der Waals surface area contributed by atoms with Gasteiger partial charge in [0.15, 0.2) is 5.82 Å². The van der Waals surface area contributed by atoms with Gasteiger partial charge in [0.25, 0.3) is 0 Å². The first-order valence-corrected chi connectivity index (χ1v) is 10.7. The van der Waals surface area contributed by atoms with E-state index >= 15 is 0 Å². The van der Waals surface area contributed by atoms with Crippen LogP contribution < -0.4 is 4.74 Å². The van der Waals surface area contributed by atoms with Gasteiger partial charge >= 0.3 is 0 Å². The Morgan fingerprint density at radius 1 is 1.00 bits per heavy atom. The van der Waals surface area contributed by atoms with Crippen molar-refractivity contribution in [2.24, 2.45) is 5.92 Å². The van der Waals surface area contributed by atoms with Crippen LogP contribution in [0.5, 0.6) is 11.5 Å². The van der Waals surface area contributed by atoms with Gasteiger partial charge in [0, 0.05) is 5.56 Å². The van der Waals surface area contributed by atoms with Gasteiger partial charge in [-0.3, -0.25) is 0 Å². The molecule has 0 saturated carbocycles. The predicted molar refractivity (Wildman–Crippen MR) is 114 cm³/mol. The molecule has 0 fully saturated rings. The molecule has 2 unspecified atom stereocenters. The van der Waals surface area contributed by atoms with E-state index in [1.807, 2.05) is 19.1 Å². The van der Waals surface area contributed by atoms with Crippen LogP contribution in [0, 0.1) is 12.8 Å². The number of phenols is 1. The predicted octanol–water partition coefficient (Wildman–Crippen LogP) is 6.10. The molecule has 0 saturated heterocycles. The van der Waals surface area contributed by atoms with E-state index in [0.717, 1.165) is 37.0 Å². The standard InChI is InChI=1S/C23H35N3O2/c1-5-8-10-18(7-3)14-19(11-9-6-2)28-21-13-12-20(22(27)17(21)4)23-25-15-24-16-26-23/h12-13,15-16,18-19,27H,5-11,14H2,1-4H3. The van der Waals surface area contributed by atoms with Crippen molar-refractivity contribution in [1.29, 1.82) is 0 Å². The summed E-state index contributed by atoms with van der Waals surface area (Å²) in [6.07, 6.45) is 12.5. The van der Waals surface area contributed by atoms with Gasteiger partial charge in [-0.1, -0.05) is 59.3 Å². The topological polar surface area (TPSA) is 68.1 Å². The number of ether oxygens (including phenoxy) is 1. The Labute approximate surface area is 169 Å². The first-order valence-electron chi connectivity index (χ1n) is 10.7. The summed E-state index contributed by atoms with van der Waals surface area (Å²) < 4.78 is 6.42. The van der Waals surface area contributed by atoms with Crippen LogP contribution in [0.4, 0.5) is 0 Å². The Kier molecular flexibility index (Phi) is 9.18. The summed E-state index contributed by atoms with van der Waals surface area (Å²) in [6.45, 7) is 8.63. The maximum atomic E-state index is 10.7. The van der Waals surface area contributed by atoms with E-state index < -0.39 is 0 Å². The first-order chi connectivity index (χ1) is 13.6. The molecule has 2 atom stereocenters. The number of nitrogens with zero attached hydrogens (tertiary/aromatic N) is 3. The molecule has 28 heavy (non-hydrogen) atoms. The van der Waals surface area contributed by atoms with Crippen LogP contribution in [0.15, 0.2) is 24.8 Å². The van der Waals surface area contributed by atoms with Crippen LogP contribution in [0.3, 0.4) is 0 Å². The third-order valence-corrected chi connectivity index (χ3v) is 5.43. The first kappa shape index (κ1) is 22.1. The summed E-state index contributed by atoms with van der Waals surface area (Å²) in [5.74, 6) is 2.09. The smallest absolute Gasteiger partial charge is 0.166 e. The highest BCUT2D eigenvalue weighted by molar-refractivity contribution is 5.68. The van der Waals surface area contributed by atoms with E-state index in [4.69, 9.17) is 4.74 Å². The summed E-state index contributed by atoms with van der Waals surface area (Å²) in [6, 6.07) is 3.76. The molecule has 1 heterocycles. The normalized spacial score (nSPS) is 13.3. The van der Waals surface area contributed by atoms with Gasteiger partial charge in [-0.25, -0.2) is 15.0 Å². The second-order valence-corrected chi connectivity index (χ2v) is 7.58. The van der Waals surface area contributed by atoms with Crippen molar-refractivity contribution in [2.75, 3.05) is 0 Å². The van der Waals surface area contributed by atoms with Gasteiger partial charge in [-0.15, -0.1) is 0 Å². The monoisotopic (exact) mass is 385 g/mol. The fourth-order valence-electron chi connectivity index (χ4n) is 3.56. The Bertz CT molecular complexity index is 706. The lowest BCUT2D eigenvalue weighted by Crippen LogP contribution is -2.21. The molecular formula is C23H35N3O2. The SMILES string of the molecule is CCCCC(CC)CC(CCCC)Oc1ccc(-c2ncncn2)c(O)c1C. The van der Waals surface area contributed by atoms with Crippen molar-refractivity contribution in [1.82, 2.24) is 15.0 Å². The van der Waals surface area contributed by atoms with E-state index in [-0.39, 0.29) is 11.9 Å². The second-order valence-electron chi connectivity index (χ2n) is 7.58. The number of aromatic nitrogens is 3. The number of hydrogen-bond donors (Lipinski definition) is 1. The molecule has 0 bridgehead atoms. The Hall–Kier alpha value is -2.17. The van der Waals surface area contributed by atoms with E-state index in [1.165, 1.54) is 38.3 Å². The highest BCUT2D eigenvalue weighted by Crippen LogP contribution is 2.36. The number of phenolic OH excluding ortho intramolecular Hbond substituents is 1. The molecule has 2 aromatic rings. The molecule has 0 radical (unpaired) electrons. The van der Waals surface area contributed by atoms with E-state index in [2.05, 4.69) is 35.7 Å². The van der Waals surface area contributed by atoms with Gasteiger partial charge in [0.2, 0.25) is 0 Å². The molecule has 0 aliphatic heterocycles. The van der Waals surface area contributed by atoms with E-state index in [0.29, 0.717) is 17.3 Å². The van der Waals surface area contributed by atoms with Crippen molar-refractivity contribution in [3.05, 3.63) is 30.4 Å². The van der Waals surface area contributed by atoms with E-state index in [1.54, 1.807) is 0 Å². The number of unbranched alkanes of at least 4 members (excludes halogenated alkanes) is 2. The minimum Gasteiger partial charge on any atom is -0.507 e. The molecule has 0 aliphatic rings. The van der Waals surface area contributed by atoms with Crippen LogP contribution in [0.1, 0.15) is 77.7 Å². The van der Waals surface area contributed by atoms with Gasteiger partial charge in [-0.2, -0.15) is 0 Å². The minimum absolute atomic E-state index is 0.177. The molecule has 154 valence electrons. The van der Waals surface area contributed by atoms with Crippen molar-refractivity contribution in [3.8, 4) is 22.9 Å².